The maximum Gasteiger partial charge on any atom is 0.122 e. The van der Waals surface area contributed by atoms with E-state index in [1.807, 2.05) is 54.7 Å². The van der Waals surface area contributed by atoms with Gasteiger partial charge in [-0.05, 0) is 91.6 Å². The minimum atomic E-state index is 0.343. The molecule has 2 N–H and O–H groups in total. The van der Waals surface area contributed by atoms with Crippen LogP contribution in [0.5, 0.6) is 5.75 Å². The van der Waals surface area contributed by atoms with Gasteiger partial charge in [0.1, 0.15) is 11.4 Å². The average molecular weight is 417 g/mol. The van der Waals surface area contributed by atoms with Crippen molar-refractivity contribution in [1.82, 2.24) is 4.98 Å². The first-order valence-electron chi connectivity index (χ1n) is 10.2. The number of hydrogen-bond donors (Lipinski definition) is 1. The largest absolute Gasteiger partial charge is 0.493 e. The maximum absolute atomic E-state index is 5.97. The molecule has 3 aromatic rings. The van der Waals surface area contributed by atoms with Crippen molar-refractivity contribution in [2.45, 2.75) is 26.2 Å². The van der Waals surface area contributed by atoms with Crippen LogP contribution in [0.3, 0.4) is 0 Å². The van der Waals surface area contributed by atoms with Crippen LogP contribution in [0.2, 0.25) is 5.02 Å². The molecule has 1 aliphatic carbocycles. The van der Waals surface area contributed by atoms with Gasteiger partial charge in [0.05, 0.1) is 6.61 Å². The monoisotopic (exact) mass is 416 g/mol. The van der Waals surface area contributed by atoms with Crippen molar-refractivity contribution < 1.29 is 4.74 Å². The van der Waals surface area contributed by atoms with Crippen molar-refractivity contribution in [3.63, 3.8) is 0 Å². The molecule has 30 heavy (non-hydrogen) atoms. The van der Waals surface area contributed by atoms with Crippen molar-refractivity contribution in [3.05, 3.63) is 82.6 Å². The Morgan fingerprint density at radius 3 is 2.43 bits per heavy atom. The third-order valence-corrected chi connectivity index (χ3v) is 5.98. The summed E-state index contributed by atoms with van der Waals surface area (Å²) in [5.41, 5.74) is 11.1. The molecule has 0 bridgehead atoms. The maximum atomic E-state index is 5.97. The highest BCUT2D eigenvalue weighted by Crippen LogP contribution is 2.47. The van der Waals surface area contributed by atoms with Crippen LogP contribution in [0.25, 0.3) is 11.1 Å². The minimum absolute atomic E-state index is 0.343. The summed E-state index contributed by atoms with van der Waals surface area (Å²) in [5, 5.41) is 0.725. The summed E-state index contributed by atoms with van der Waals surface area (Å²) in [5.74, 6) is 7.25. The van der Waals surface area contributed by atoms with Gasteiger partial charge in [0, 0.05) is 22.3 Å². The van der Waals surface area contributed by atoms with Gasteiger partial charge >= 0.3 is 0 Å². The molecule has 0 saturated heterocycles. The molecule has 0 radical (unpaired) electrons. The van der Waals surface area contributed by atoms with Crippen LogP contribution in [0.1, 0.15) is 36.1 Å². The second-order valence-corrected chi connectivity index (χ2v) is 8.41. The molecular weight excluding hydrogens is 392 g/mol. The topological polar surface area (TPSA) is 48.1 Å². The van der Waals surface area contributed by atoms with Crippen molar-refractivity contribution in [3.8, 4) is 28.7 Å². The fraction of sp³-hybridized carbons (Fsp3) is 0.269. The molecule has 3 nitrogen and oxygen atoms in total. The van der Waals surface area contributed by atoms with E-state index in [4.69, 9.17) is 22.1 Å². The predicted molar refractivity (Wildman–Crippen MR) is 123 cm³/mol. The van der Waals surface area contributed by atoms with Gasteiger partial charge in [-0.1, -0.05) is 35.7 Å². The Hall–Kier alpha value is -2.80. The number of ether oxygens (including phenoxy) is 1. The quantitative estimate of drug-likeness (QED) is 0.530. The number of aromatic nitrogens is 1. The molecule has 2 aromatic carbocycles. The van der Waals surface area contributed by atoms with Crippen molar-refractivity contribution in [1.29, 1.82) is 0 Å². The molecule has 1 aliphatic rings. The Morgan fingerprint density at radius 1 is 1.03 bits per heavy atom. The van der Waals surface area contributed by atoms with Crippen LogP contribution in [-0.4, -0.2) is 18.1 Å². The third-order valence-electron chi connectivity index (χ3n) is 5.73. The molecule has 0 atom stereocenters. The van der Waals surface area contributed by atoms with Crippen LogP contribution in [0.4, 0.5) is 0 Å². The van der Waals surface area contributed by atoms with E-state index in [0.29, 0.717) is 12.0 Å². The van der Waals surface area contributed by atoms with Gasteiger partial charge in [0.15, 0.2) is 0 Å². The summed E-state index contributed by atoms with van der Waals surface area (Å²) >= 11 is 5.95. The van der Waals surface area contributed by atoms with E-state index < -0.39 is 0 Å². The number of rotatable bonds is 6. The van der Waals surface area contributed by atoms with Gasteiger partial charge in [0.2, 0.25) is 0 Å². The molecule has 1 fully saturated rings. The molecule has 1 saturated carbocycles. The van der Waals surface area contributed by atoms with Crippen LogP contribution in [0, 0.1) is 24.2 Å². The zero-order valence-electron chi connectivity index (χ0n) is 17.1. The highest BCUT2D eigenvalue weighted by atomic mass is 35.5. The molecule has 4 rings (SSSR count). The molecule has 152 valence electrons. The van der Waals surface area contributed by atoms with Gasteiger partial charge in [-0.15, -0.1) is 0 Å². The van der Waals surface area contributed by atoms with E-state index in [9.17, 15) is 0 Å². The molecule has 0 spiro atoms. The average Bonchev–Trinajstić information content (AvgIpc) is 3.55. The molecular formula is C26H25ClN2O. The Kier molecular flexibility index (Phi) is 6.08. The second kappa shape index (κ2) is 8.92. The Morgan fingerprint density at radius 2 is 1.80 bits per heavy atom. The van der Waals surface area contributed by atoms with Crippen molar-refractivity contribution in [2.24, 2.45) is 11.1 Å². The lowest BCUT2D eigenvalue weighted by Crippen LogP contribution is -2.18. The molecule has 1 heterocycles. The van der Waals surface area contributed by atoms with E-state index in [1.165, 1.54) is 12.8 Å². The van der Waals surface area contributed by atoms with Gasteiger partial charge in [-0.3, -0.25) is 0 Å². The van der Waals surface area contributed by atoms with E-state index >= 15 is 0 Å². The van der Waals surface area contributed by atoms with Crippen LogP contribution >= 0.6 is 11.6 Å². The number of pyridine rings is 1. The Bertz CT molecular complexity index is 1070. The van der Waals surface area contributed by atoms with Gasteiger partial charge in [-0.2, -0.15) is 0 Å². The summed E-state index contributed by atoms with van der Waals surface area (Å²) in [4.78, 5) is 4.47. The summed E-state index contributed by atoms with van der Waals surface area (Å²) < 4.78 is 5.97. The van der Waals surface area contributed by atoms with E-state index in [1.54, 1.807) is 0 Å². The predicted octanol–water partition coefficient (Wildman–Crippen LogP) is 5.62. The number of nitrogens with zero attached hydrogens (tertiary/aromatic N) is 1. The second-order valence-electron chi connectivity index (χ2n) is 7.97. The fourth-order valence-electron chi connectivity index (χ4n) is 3.42. The molecule has 0 aliphatic heterocycles. The number of nitrogens with two attached hydrogens (primary N) is 1. The number of halogens is 1. The zero-order valence-corrected chi connectivity index (χ0v) is 17.9. The zero-order chi connectivity index (χ0) is 21.0. The third kappa shape index (κ3) is 5.02. The summed E-state index contributed by atoms with van der Waals surface area (Å²) in [6, 6.07) is 17.7. The first-order valence-corrected chi connectivity index (χ1v) is 10.6. The molecule has 1 aromatic heterocycles. The van der Waals surface area contributed by atoms with Crippen LogP contribution in [-0.2, 0) is 0 Å². The summed E-state index contributed by atoms with van der Waals surface area (Å²) in [6.45, 7) is 3.53. The summed E-state index contributed by atoms with van der Waals surface area (Å²) in [6.07, 6.45) is 5.33. The lowest BCUT2D eigenvalue weighted by molar-refractivity contribution is 0.270. The minimum Gasteiger partial charge on any atom is -0.493 e. The number of hydrogen-bond acceptors (Lipinski definition) is 3. The highest BCUT2D eigenvalue weighted by Gasteiger charge is 2.40. The van der Waals surface area contributed by atoms with Crippen molar-refractivity contribution in [2.75, 3.05) is 13.2 Å². The standard InChI is InChI=1S/C26H25ClN2O/c1-19-16-20(3-11-25(19)30-15-14-26(18-28)12-13-26)2-9-24-10-6-22(17-29-24)21-4-7-23(27)8-5-21/h3-8,10-11,16-17H,12-15,18,28H2,1H3. The smallest absolute Gasteiger partial charge is 0.122 e. The van der Waals surface area contributed by atoms with Gasteiger partial charge in [0.25, 0.3) is 0 Å². The first kappa shape index (κ1) is 20.5. The SMILES string of the molecule is Cc1cc(C#Cc2ccc(-c3ccc(Cl)cc3)cn2)ccc1OCCC1(CN)CC1. The summed E-state index contributed by atoms with van der Waals surface area (Å²) in [7, 11) is 0. The Labute approximate surface area is 183 Å². The first-order chi connectivity index (χ1) is 14.6. The van der Waals surface area contributed by atoms with E-state index in [0.717, 1.165) is 51.7 Å². The van der Waals surface area contributed by atoms with Gasteiger partial charge in [-0.25, -0.2) is 4.98 Å². The molecule has 0 amide bonds. The lowest BCUT2D eigenvalue weighted by Gasteiger charge is -2.14. The normalized spacial score (nSPS) is 14.0. The van der Waals surface area contributed by atoms with Crippen molar-refractivity contribution >= 4 is 11.6 Å². The molecule has 4 heteroatoms. The fourth-order valence-corrected chi connectivity index (χ4v) is 3.54. The molecule has 0 unspecified atom stereocenters. The highest BCUT2D eigenvalue weighted by molar-refractivity contribution is 6.30. The van der Waals surface area contributed by atoms with Gasteiger partial charge < -0.3 is 10.5 Å². The Balaban J connectivity index is 1.38. The van der Waals surface area contributed by atoms with Crippen LogP contribution in [0.15, 0.2) is 60.8 Å². The van der Waals surface area contributed by atoms with E-state index in [2.05, 4.69) is 29.8 Å². The lowest BCUT2D eigenvalue weighted by atomic mass is 10.0. The van der Waals surface area contributed by atoms with Crippen LogP contribution < -0.4 is 10.5 Å². The number of benzene rings is 2. The number of aryl methyl sites for hydroxylation is 1. The van der Waals surface area contributed by atoms with E-state index in [-0.39, 0.29) is 0 Å².